The summed E-state index contributed by atoms with van der Waals surface area (Å²) in [6, 6.07) is 1.56. The Kier molecular flexibility index (Phi) is 4.12. The Labute approximate surface area is 132 Å². The molecule has 0 bridgehead atoms. The fourth-order valence-electron chi connectivity index (χ4n) is 3.60. The first-order valence-electron chi connectivity index (χ1n) is 7.41. The smallest absolute Gasteiger partial charge is 0.312 e. The van der Waals surface area contributed by atoms with Gasteiger partial charge in [0.1, 0.15) is 0 Å². The summed E-state index contributed by atoms with van der Waals surface area (Å²) in [6.07, 6.45) is 7.43. The zero-order chi connectivity index (χ0) is 14.9. The molecule has 0 amide bonds. The van der Waals surface area contributed by atoms with Crippen molar-refractivity contribution < 1.29 is 4.92 Å². The lowest BCUT2D eigenvalue weighted by Crippen LogP contribution is -2.62. The van der Waals surface area contributed by atoms with E-state index in [1.54, 1.807) is 12.3 Å². The van der Waals surface area contributed by atoms with Crippen LogP contribution in [0.15, 0.2) is 16.7 Å². The lowest BCUT2D eigenvalue weighted by molar-refractivity contribution is -0.384. The second kappa shape index (κ2) is 5.88. The van der Waals surface area contributed by atoms with Crippen LogP contribution in [0, 0.1) is 10.1 Å². The maximum Gasteiger partial charge on any atom is 0.312 e. The quantitative estimate of drug-likeness (QED) is 0.653. The van der Waals surface area contributed by atoms with Gasteiger partial charge in [-0.25, -0.2) is 4.98 Å². The lowest BCUT2D eigenvalue weighted by Gasteiger charge is -2.50. The first-order valence-corrected chi connectivity index (χ1v) is 8.20. The second-order valence-electron chi connectivity index (χ2n) is 5.87. The number of nitrogens with one attached hydrogen (secondary N) is 1. The van der Waals surface area contributed by atoms with E-state index in [1.807, 2.05) is 0 Å². The van der Waals surface area contributed by atoms with Crippen LogP contribution in [0.3, 0.4) is 0 Å². The van der Waals surface area contributed by atoms with Gasteiger partial charge in [-0.2, -0.15) is 0 Å². The number of nitro groups is 1. The molecule has 0 atom stereocenters. The SMILES string of the molecule is O=[N+]([O-])c1cc(Br)cnc1N1CCNCC12CCCCC2. The number of aromatic nitrogens is 1. The van der Waals surface area contributed by atoms with Crippen molar-refractivity contribution in [1.82, 2.24) is 10.3 Å². The van der Waals surface area contributed by atoms with Crippen LogP contribution in [0.1, 0.15) is 32.1 Å². The molecule has 2 heterocycles. The third-order valence-electron chi connectivity index (χ3n) is 4.59. The average molecular weight is 355 g/mol. The summed E-state index contributed by atoms with van der Waals surface area (Å²) in [6.45, 7) is 2.51. The summed E-state index contributed by atoms with van der Waals surface area (Å²) < 4.78 is 0.644. The van der Waals surface area contributed by atoms with Crippen molar-refractivity contribution in [2.24, 2.45) is 0 Å². The molecule has 0 radical (unpaired) electrons. The molecule has 1 saturated carbocycles. The second-order valence-corrected chi connectivity index (χ2v) is 6.78. The summed E-state index contributed by atoms with van der Waals surface area (Å²) in [7, 11) is 0. The van der Waals surface area contributed by atoms with Crippen molar-refractivity contribution in [2.75, 3.05) is 24.5 Å². The van der Waals surface area contributed by atoms with Crippen LogP contribution in [-0.2, 0) is 0 Å². The van der Waals surface area contributed by atoms with Crippen molar-refractivity contribution in [2.45, 2.75) is 37.6 Å². The van der Waals surface area contributed by atoms with Crippen LogP contribution in [0.25, 0.3) is 0 Å². The van der Waals surface area contributed by atoms with E-state index in [9.17, 15) is 10.1 Å². The van der Waals surface area contributed by atoms with Gasteiger partial charge < -0.3 is 10.2 Å². The first-order chi connectivity index (χ1) is 10.1. The molecule has 1 aromatic rings. The summed E-state index contributed by atoms with van der Waals surface area (Å²) in [5.74, 6) is 0.520. The van der Waals surface area contributed by atoms with E-state index in [0.29, 0.717) is 10.3 Å². The number of pyridine rings is 1. The molecule has 0 aromatic carbocycles. The van der Waals surface area contributed by atoms with E-state index in [0.717, 1.165) is 32.5 Å². The molecule has 21 heavy (non-hydrogen) atoms. The third kappa shape index (κ3) is 2.76. The molecule has 7 heteroatoms. The molecule has 6 nitrogen and oxygen atoms in total. The molecule has 1 N–H and O–H groups in total. The van der Waals surface area contributed by atoms with Crippen molar-refractivity contribution in [3.63, 3.8) is 0 Å². The number of halogens is 1. The summed E-state index contributed by atoms with van der Waals surface area (Å²) in [5.41, 5.74) is 0.0819. The number of rotatable bonds is 2. The Morgan fingerprint density at radius 3 is 2.86 bits per heavy atom. The van der Waals surface area contributed by atoms with Crippen LogP contribution in [-0.4, -0.2) is 35.1 Å². The van der Waals surface area contributed by atoms with E-state index in [2.05, 4.69) is 31.1 Å². The molecule has 2 aliphatic rings. The van der Waals surface area contributed by atoms with Gasteiger partial charge in [-0.15, -0.1) is 0 Å². The summed E-state index contributed by atoms with van der Waals surface area (Å²) in [5, 5.41) is 14.8. The van der Waals surface area contributed by atoms with Crippen LogP contribution >= 0.6 is 15.9 Å². The van der Waals surface area contributed by atoms with E-state index >= 15 is 0 Å². The Hall–Kier alpha value is -1.21. The number of anilines is 1. The van der Waals surface area contributed by atoms with Gasteiger partial charge in [-0.3, -0.25) is 10.1 Å². The van der Waals surface area contributed by atoms with Gasteiger partial charge in [0.25, 0.3) is 0 Å². The highest BCUT2D eigenvalue weighted by molar-refractivity contribution is 9.10. The fraction of sp³-hybridized carbons (Fsp3) is 0.643. The molecule has 2 fully saturated rings. The normalized spacial score (nSPS) is 21.5. The standard InChI is InChI=1S/C14H19BrN4O2/c15-11-8-12(19(20)21)13(17-9-11)18-7-6-16-10-14(18)4-2-1-3-5-14/h8-9,16H,1-7,10H2. The molecule has 1 saturated heterocycles. The van der Waals surface area contributed by atoms with Crippen LogP contribution in [0.5, 0.6) is 0 Å². The maximum atomic E-state index is 11.4. The molecule has 1 aliphatic heterocycles. The minimum atomic E-state index is -0.328. The summed E-state index contributed by atoms with van der Waals surface area (Å²) >= 11 is 3.28. The van der Waals surface area contributed by atoms with Gasteiger partial charge in [-0.05, 0) is 28.8 Å². The third-order valence-corrected chi connectivity index (χ3v) is 5.02. The van der Waals surface area contributed by atoms with Gasteiger partial charge in [0.05, 0.1) is 10.5 Å². The largest absolute Gasteiger partial charge is 0.343 e. The Morgan fingerprint density at radius 1 is 1.38 bits per heavy atom. The Bertz CT molecular complexity index is 538. The van der Waals surface area contributed by atoms with Crippen LogP contribution < -0.4 is 10.2 Å². The highest BCUT2D eigenvalue weighted by Gasteiger charge is 2.42. The average Bonchev–Trinajstić information content (AvgIpc) is 2.49. The topological polar surface area (TPSA) is 71.3 Å². The van der Waals surface area contributed by atoms with Gasteiger partial charge in [0.15, 0.2) is 0 Å². The monoisotopic (exact) mass is 354 g/mol. The van der Waals surface area contributed by atoms with Gasteiger partial charge in [-0.1, -0.05) is 19.3 Å². The molecular weight excluding hydrogens is 336 g/mol. The number of piperazine rings is 1. The minimum Gasteiger partial charge on any atom is -0.343 e. The highest BCUT2D eigenvalue weighted by Crippen LogP contribution is 2.40. The number of hydrogen-bond donors (Lipinski definition) is 1. The van der Waals surface area contributed by atoms with Gasteiger partial charge >= 0.3 is 5.69 Å². The molecular formula is C14H19BrN4O2. The van der Waals surface area contributed by atoms with Crippen molar-refractivity contribution in [1.29, 1.82) is 0 Å². The lowest BCUT2D eigenvalue weighted by atomic mass is 9.79. The Morgan fingerprint density at radius 2 is 2.14 bits per heavy atom. The van der Waals surface area contributed by atoms with Crippen molar-refractivity contribution >= 4 is 27.4 Å². The zero-order valence-electron chi connectivity index (χ0n) is 11.8. The minimum absolute atomic E-state index is 0.0118. The number of hydrogen-bond acceptors (Lipinski definition) is 5. The van der Waals surface area contributed by atoms with Crippen molar-refractivity contribution in [3.05, 3.63) is 26.9 Å². The molecule has 1 aromatic heterocycles. The van der Waals surface area contributed by atoms with E-state index in [1.165, 1.54) is 19.3 Å². The van der Waals surface area contributed by atoms with E-state index in [-0.39, 0.29) is 16.1 Å². The van der Waals surface area contributed by atoms with Crippen LogP contribution in [0.4, 0.5) is 11.5 Å². The molecule has 1 aliphatic carbocycles. The maximum absolute atomic E-state index is 11.4. The predicted molar refractivity (Wildman–Crippen MR) is 84.6 cm³/mol. The van der Waals surface area contributed by atoms with Gasteiger partial charge in [0.2, 0.25) is 5.82 Å². The van der Waals surface area contributed by atoms with Gasteiger partial charge in [0, 0.05) is 36.4 Å². The highest BCUT2D eigenvalue weighted by atomic mass is 79.9. The summed E-state index contributed by atoms with van der Waals surface area (Å²) in [4.78, 5) is 17.6. The van der Waals surface area contributed by atoms with E-state index < -0.39 is 0 Å². The molecule has 1 spiro atoms. The first kappa shape index (κ1) is 14.7. The predicted octanol–water partition coefficient (Wildman–Crippen LogP) is 2.86. The fourth-order valence-corrected chi connectivity index (χ4v) is 3.91. The van der Waals surface area contributed by atoms with Crippen LogP contribution in [0.2, 0.25) is 0 Å². The molecule has 0 unspecified atom stereocenters. The molecule has 3 rings (SSSR count). The van der Waals surface area contributed by atoms with Crippen molar-refractivity contribution in [3.8, 4) is 0 Å². The van der Waals surface area contributed by atoms with E-state index in [4.69, 9.17) is 0 Å². The molecule has 114 valence electrons. The number of nitrogens with zero attached hydrogens (tertiary/aromatic N) is 3. The zero-order valence-corrected chi connectivity index (χ0v) is 13.4. The Balaban J connectivity index is 2.02.